The first-order valence-corrected chi connectivity index (χ1v) is 13.3. The van der Waals surface area contributed by atoms with Crippen LogP contribution < -0.4 is 15.9 Å². The minimum Gasteiger partial charge on any atom is -0.281 e. The van der Waals surface area contributed by atoms with Gasteiger partial charge in [-0.05, 0) is 86.1 Å². The number of hydrogen-bond donors (Lipinski definition) is 0. The van der Waals surface area contributed by atoms with Gasteiger partial charge in [0.05, 0.1) is 0 Å². The van der Waals surface area contributed by atoms with Crippen LogP contribution in [0.4, 0.5) is 0 Å². The van der Waals surface area contributed by atoms with E-state index >= 15 is 0 Å². The molecule has 0 bridgehead atoms. The van der Waals surface area contributed by atoms with Crippen molar-refractivity contribution in [3.63, 3.8) is 0 Å². The minimum absolute atomic E-state index is 0.602. The van der Waals surface area contributed by atoms with E-state index in [1.54, 1.807) is 0 Å². The summed E-state index contributed by atoms with van der Waals surface area (Å²) in [6.07, 6.45) is 7.76. The zero-order valence-electron chi connectivity index (χ0n) is 16.2. The standard InChI is InChI=1S/C18H28N6OP3/c25-24-14-13-15(26-21-7-1-2-8-21)17(27-22-9-3-4-10-22)18(16(14)19-20-24)28-23-11-5-6-12-23/h13,26-28H,1-12H2. The Morgan fingerprint density at radius 3 is 1.79 bits per heavy atom. The van der Waals surface area contributed by atoms with E-state index in [0.717, 1.165) is 23.5 Å². The Hall–Kier alpha value is -0.410. The molecule has 3 fully saturated rings. The third-order valence-corrected chi connectivity index (χ3v) is 10.7. The quantitative estimate of drug-likeness (QED) is 0.643. The molecule has 0 saturated carbocycles. The molecular weight excluding hydrogens is 409 g/mol. The van der Waals surface area contributed by atoms with Gasteiger partial charge < -0.3 is 0 Å². The average molecular weight is 437 g/mol. The molecule has 4 heterocycles. The van der Waals surface area contributed by atoms with Crippen molar-refractivity contribution >= 4 is 53.1 Å². The molecule has 28 heavy (non-hydrogen) atoms. The lowest BCUT2D eigenvalue weighted by Gasteiger charge is -2.25. The first-order valence-electron chi connectivity index (χ1n) is 10.4. The highest BCUT2D eigenvalue weighted by molar-refractivity contribution is 7.56. The monoisotopic (exact) mass is 437 g/mol. The largest absolute Gasteiger partial charge is 0.281 e. The summed E-state index contributed by atoms with van der Waals surface area (Å²) >= 11 is 0. The Morgan fingerprint density at radius 1 is 0.714 bits per heavy atom. The summed E-state index contributed by atoms with van der Waals surface area (Å²) in [6, 6.07) is 2.11. The lowest BCUT2D eigenvalue weighted by atomic mass is 10.3. The Bertz CT molecular complexity index is 828. The minimum atomic E-state index is 0.602. The van der Waals surface area contributed by atoms with Crippen LogP contribution in [0.25, 0.3) is 11.0 Å². The molecule has 1 radical (unpaired) electrons. The fourth-order valence-electron chi connectivity index (χ4n) is 4.33. The predicted molar refractivity (Wildman–Crippen MR) is 120 cm³/mol. The van der Waals surface area contributed by atoms with Gasteiger partial charge in [-0.25, -0.2) is 0 Å². The highest BCUT2D eigenvalue weighted by Crippen LogP contribution is 2.33. The molecule has 10 heteroatoms. The van der Waals surface area contributed by atoms with E-state index in [2.05, 4.69) is 30.4 Å². The Labute approximate surface area is 171 Å². The molecule has 1 aromatic carbocycles. The second-order valence-corrected chi connectivity index (χ2v) is 12.0. The molecule has 2 aromatic rings. The fraction of sp³-hybridized carbons (Fsp3) is 0.667. The summed E-state index contributed by atoms with van der Waals surface area (Å²) in [5, 5.41) is 24.6. The Kier molecular flexibility index (Phi) is 6.11. The fourth-order valence-corrected chi connectivity index (χ4v) is 9.11. The van der Waals surface area contributed by atoms with Gasteiger partial charge in [0, 0.05) is 49.9 Å². The number of benzene rings is 1. The molecule has 5 rings (SSSR count). The van der Waals surface area contributed by atoms with Crippen molar-refractivity contribution in [1.82, 2.24) is 29.2 Å². The van der Waals surface area contributed by atoms with Gasteiger partial charge in [0.2, 0.25) is 0 Å². The summed E-state index contributed by atoms with van der Waals surface area (Å²) in [5.74, 6) is 0. The van der Waals surface area contributed by atoms with Crippen LogP contribution in [0.5, 0.6) is 0 Å². The molecule has 0 N–H and O–H groups in total. The molecule has 3 atom stereocenters. The summed E-state index contributed by atoms with van der Waals surface area (Å²) in [6.45, 7) is 7.09. The molecule has 1 aromatic heterocycles. The van der Waals surface area contributed by atoms with Crippen molar-refractivity contribution in [2.45, 2.75) is 38.5 Å². The summed E-state index contributed by atoms with van der Waals surface area (Å²) < 4.78 is 7.73. The molecule has 3 unspecified atom stereocenters. The first-order chi connectivity index (χ1) is 13.8. The van der Waals surface area contributed by atoms with Crippen LogP contribution >= 0.6 is 26.2 Å². The van der Waals surface area contributed by atoms with Crippen molar-refractivity contribution in [1.29, 1.82) is 0 Å². The van der Waals surface area contributed by atoms with E-state index in [4.69, 9.17) is 0 Å². The normalized spacial score (nSPS) is 23.4. The van der Waals surface area contributed by atoms with Crippen molar-refractivity contribution < 1.29 is 5.21 Å². The molecule has 3 aliphatic heterocycles. The molecule has 151 valence electrons. The third kappa shape index (κ3) is 4.08. The van der Waals surface area contributed by atoms with Crippen LogP contribution in [0, 0.1) is 0 Å². The van der Waals surface area contributed by atoms with Crippen molar-refractivity contribution in [2.24, 2.45) is 0 Å². The number of hydrogen-bond acceptors (Lipinski definition) is 5. The van der Waals surface area contributed by atoms with Gasteiger partial charge >= 0.3 is 0 Å². The van der Waals surface area contributed by atoms with E-state index in [-0.39, 0.29) is 0 Å². The van der Waals surface area contributed by atoms with Gasteiger partial charge in [-0.2, -0.15) is 0 Å². The molecule has 0 spiro atoms. The van der Waals surface area contributed by atoms with Crippen molar-refractivity contribution in [2.75, 3.05) is 39.3 Å². The summed E-state index contributed by atoms with van der Waals surface area (Å²) in [5.41, 5.74) is 1.51. The molecule has 3 aliphatic rings. The molecule has 7 nitrogen and oxygen atoms in total. The second kappa shape index (κ2) is 8.76. The predicted octanol–water partition coefficient (Wildman–Crippen LogP) is 1.57. The SMILES string of the molecule is [O]n1nnc2c(PN3CCCC3)c(PN3CCCC3)c(PN3CCCC3)cc21. The highest BCUT2D eigenvalue weighted by atomic mass is 31.1. The zero-order valence-corrected chi connectivity index (χ0v) is 19.2. The Balaban J connectivity index is 1.57. The smallest absolute Gasteiger partial charge is 0.137 e. The van der Waals surface area contributed by atoms with E-state index in [1.807, 2.05) is 0 Å². The molecule has 3 saturated heterocycles. The number of aromatic nitrogens is 3. The number of nitrogens with zero attached hydrogens (tertiary/aromatic N) is 6. The van der Waals surface area contributed by atoms with E-state index in [1.165, 1.54) is 80.6 Å². The lowest BCUT2D eigenvalue weighted by Crippen LogP contribution is -2.35. The average Bonchev–Trinajstić information content (AvgIpc) is 3.48. The first kappa shape index (κ1) is 19.5. The van der Waals surface area contributed by atoms with E-state index < -0.39 is 0 Å². The van der Waals surface area contributed by atoms with Crippen LogP contribution in [0.15, 0.2) is 6.07 Å². The summed E-state index contributed by atoms with van der Waals surface area (Å²) in [4.78, 5) is 0.730. The van der Waals surface area contributed by atoms with Crippen LogP contribution in [0.1, 0.15) is 38.5 Å². The molecule has 0 aliphatic carbocycles. The maximum atomic E-state index is 12.3. The second-order valence-electron chi connectivity index (χ2n) is 7.92. The van der Waals surface area contributed by atoms with Gasteiger partial charge in [0.15, 0.2) is 0 Å². The van der Waals surface area contributed by atoms with Gasteiger partial charge in [-0.3, -0.25) is 14.0 Å². The Morgan fingerprint density at radius 2 is 1.21 bits per heavy atom. The van der Waals surface area contributed by atoms with E-state index in [9.17, 15) is 5.21 Å². The van der Waals surface area contributed by atoms with Gasteiger partial charge in [0.25, 0.3) is 0 Å². The highest BCUT2D eigenvalue weighted by Gasteiger charge is 2.26. The maximum Gasteiger partial charge on any atom is 0.137 e. The molecule has 0 amide bonds. The van der Waals surface area contributed by atoms with Crippen LogP contribution in [-0.4, -0.2) is 68.4 Å². The van der Waals surface area contributed by atoms with Crippen LogP contribution in [-0.2, 0) is 5.21 Å². The van der Waals surface area contributed by atoms with E-state index in [0.29, 0.717) is 31.7 Å². The van der Waals surface area contributed by atoms with Gasteiger partial charge in [-0.15, -0.1) is 10.3 Å². The van der Waals surface area contributed by atoms with Gasteiger partial charge in [0.1, 0.15) is 11.0 Å². The van der Waals surface area contributed by atoms with Crippen molar-refractivity contribution in [3.8, 4) is 0 Å². The maximum absolute atomic E-state index is 12.3. The van der Waals surface area contributed by atoms with Crippen molar-refractivity contribution in [3.05, 3.63) is 6.07 Å². The third-order valence-electron chi connectivity index (χ3n) is 5.85. The molecular formula is C18H28N6OP3. The zero-order chi connectivity index (χ0) is 18.9. The lowest BCUT2D eigenvalue weighted by molar-refractivity contribution is 0.0651. The number of fused-ring (bicyclic) bond motifs is 1. The van der Waals surface area contributed by atoms with Crippen LogP contribution in [0.3, 0.4) is 0 Å². The van der Waals surface area contributed by atoms with Gasteiger partial charge in [-0.1, -0.05) is 0 Å². The number of rotatable bonds is 6. The summed E-state index contributed by atoms with van der Waals surface area (Å²) in [7, 11) is 1.94. The topological polar surface area (TPSA) is 60.3 Å². The van der Waals surface area contributed by atoms with Crippen LogP contribution in [0.2, 0.25) is 0 Å².